The zero-order valence-electron chi connectivity index (χ0n) is 16.1. The number of para-hydroxylation sites is 1. The highest BCUT2D eigenvalue weighted by atomic mass is 19.1. The Hall–Kier alpha value is -3.55. The lowest BCUT2D eigenvalue weighted by Crippen LogP contribution is -2.21. The van der Waals surface area contributed by atoms with E-state index in [4.69, 9.17) is 0 Å². The van der Waals surface area contributed by atoms with E-state index in [-0.39, 0.29) is 5.69 Å². The van der Waals surface area contributed by atoms with Crippen molar-refractivity contribution in [3.05, 3.63) is 72.2 Å². The van der Waals surface area contributed by atoms with Crippen LogP contribution < -0.4 is 15.5 Å². The number of nitrogens with one attached hydrogen (secondary N) is 2. The Balaban J connectivity index is 1.73. The number of amides is 1. The molecule has 0 aliphatic carbocycles. The van der Waals surface area contributed by atoms with Crippen molar-refractivity contribution >= 4 is 28.8 Å². The fourth-order valence-electron chi connectivity index (χ4n) is 2.84. The first-order chi connectivity index (χ1) is 14.0. The van der Waals surface area contributed by atoms with Gasteiger partial charge in [-0.25, -0.2) is 18.7 Å². The summed E-state index contributed by atoms with van der Waals surface area (Å²) in [5.74, 6) is -2.08. The van der Waals surface area contributed by atoms with Gasteiger partial charge in [-0.2, -0.15) is 0 Å². The third-order valence-corrected chi connectivity index (χ3v) is 4.37. The van der Waals surface area contributed by atoms with Crippen molar-refractivity contribution in [3.63, 3.8) is 0 Å². The Kier molecular flexibility index (Phi) is 6.33. The molecule has 1 aromatic heterocycles. The van der Waals surface area contributed by atoms with E-state index in [0.29, 0.717) is 5.82 Å². The summed E-state index contributed by atoms with van der Waals surface area (Å²) in [6.45, 7) is 6.01. The predicted octanol–water partition coefficient (Wildman–Crippen LogP) is 4.60. The van der Waals surface area contributed by atoms with Crippen LogP contribution in [0.15, 0.2) is 54.9 Å². The third kappa shape index (κ3) is 4.84. The minimum atomic E-state index is -0.862. The lowest BCUT2D eigenvalue weighted by atomic mass is 10.2. The molecule has 0 bridgehead atoms. The molecular formula is C21H21F2N5O. The standard InChI is InChI=1S/C21H21F2N5O/c1-3-28(4-2)15-10-8-14(9-11-15)26-19-12-18(24-13-25-19)21(29)27-20-16(22)6-5-7-17(20)23/h5-13H,3-4H2,1-2H3,(H,27,29)(H,24,25,26). The van der Waals surface area contributed by atoms with E-state index in [0.717, 1.165) is 36.6 Å². The van der Waals surface area contributed by atoms with Gasteiger partial charge in [0, 0.05) is 30.5 Å². The molecule has 1 heterocycles. The second-order valence-corrected chi connectivity index (χ2v) is 6.18. The highest BCUT2D eigenvalue weighted by Gasteiger charge is 2.15. The van der Waals surface area contributed by atoms with Gasteiger partial charge in [0.15, 0.2) is 0 Å². The quantitative estimate of drug-likeness (QED) is 0.610. The molecule has 0 fully saturated rings. The van der Waals surface area contributed by atoms with Crippen LogP contribution in [0.1, 0.15) is 24.3 Å². The highest BCUT2D eigenvalue weighted by molar-refractivity contribution is 6.03. The predicted molar refractivity (Wildman–Crippen MR) is 110 cm³/mol. The molecule has 0 radical (unpaired) electrons. The molecule has 2 aromatic carbocycles. The Morgan fingerprint density at radius 1 is 1.00 bits per heavy atom. The molecule has 2 N–H and O–H groups in total. The molecule has 1 amide bonds. The fraction of sp³-hybridized carbons (Fsp3) is 0.190. The maximum atomic E-state index is 13.7. The maximum Gasteiger partial charge on any atom is 0.274 e. The van der Waals surface area contributed by atoms with Crippen LogP contribution in [0.2, 0.25) is 0 Å². The smallest absolute Gasteiger partial charge is 0.274 e. The zero-order valence-corrected chi connectivity index (χ0v) is 16.1. The number of hydrogen-bond donors (Lipinski definition) is 2. The van der Waals surface area contributed by atoms with E-state index in [1.165, 1.54) is 18.5 Å². The molecule has 0 atom stereocenters. The molecule has 150 valence electrons. The summed E-state index contributed by atoms with van der Waals surface area (Å²) >= 11 is 0. The zero-order chi connectivity index (χ0) is 20.8. The summed E-state index contributed by atoms with van der Waals surface area (Å²) in [6, 6.07) is 12.6. The van der Waals surface area contributed by atoms with Crippen molar-refractivity contribution in [2.75, 3.05) is 28.6 Å². The van der Waals surface area contributed by atoms with Gasteiger partial charge >= 0.3 is 0 Å². The number of nitrogens with zero attached hydrogens (tertiary/aromatic N) is 3. The number of carbonyl (C=O) groups excluding carboxylic acids is 1. The summed E-state index contributed by atoms with van der Waals surface area (Å²) in [4.78, 5) is 22.5. The van der Waals surface area contributed by atoms with Crippen LogP contribution in [0, 0.1) is 11.6 Å². The molecule has 29 heavy (non-hydrogen) atoms. The minimum Gasteiger partial charge on any atom is -0.372 e. The number of hydrogen-bond acceptors (Lipinski definition) is 5. The van der Waals surface area contributed by atoms with Gasteiger partial charge in [-0.15, -0.1) is 0 Å². The molecule has 3 aromatic rings. The molecule has 8 heteroatoms. The Bertz CT molecular complexity index is 970. The SMILES string of the molecule is CCN(CC)c1ccc(Nc2cc(C(=O)Nc3c(F)cccc3F)ncn2)cc1. The lowest BCUT2D eigenvalue weighted by Gasteiger charge is -2.21. The van der Waals surface area contributed by atoms with E-state index >= 15 is 0 Å². The van der Waals surface area contributed by atoms with Crippen LogP contribution in [0.5, 0.6) is 0 Å². The van der Waals surface area contributed by atoms with Crippen molar-refractivity contribution in [1.82, 2.24) is 9.97 Å². The van der Waals surface area contributed by atoms with Crippen LogP contribution in [0.25, 0.3) is 0 Å². The van der Waals surface area contributed by atoms with Crippen molar-refractivity contribution in [2.24, 2.45) is 0 Å². The van der Waals surface area contributed by atoms with Crippen LogP contribution in [0.3, 0.4) is 0 Å². The topological polar surface area (TPSA) is 70.2 Å². The van der Waals surface area contributed by atoms with Gasteiger partial charge in [0.25, 0.3) is 5.91 Å². The molecule has 0 aliphatic heterocycles. The summed E-state index contributed by atoms with van der Waals surface area (Å²) in [5.41, 5.74) is 1.35. The average molecular weight is 397 g/mol. The number of carbonyl (C=O) groups is 1. The third-order valence-electron chi connectivity index (χ3n) is 4.37. The van der Waals surface area contributed by atoms with Crippen LogP contribution in [0.4, 0.5) is 31.7 Å². The number of benzene rings is 2. The van der Waals surface area contributed by atoms with Crippen LogP contribution >= 0.6 is 0 Å². The Morgan fingerprint density at radius 2 is 1.66 bits per heavy atom. The first-order valence-electron chi connectivity index (χ1n) is 9.21. The molecule has 0 saturated carbocycles. The Labute approximate surface area is 167 Å². The van der Waals surface area contributed by atoms with Gasteiger partial charge in [0.1, 0.15) is 35.2 Å². The lowest BCUT2D eigenvalue weighted by molar-refractivity contribution is 0.102. The van der Waals surface area contributed by atoms with Crippen molar-refractivity contribution in [1.29, 1.82) is 0 Å². The van der Waals surface area contributed by atoms with Crippen LogP contribution in [-0.4, -0.2) is 29.0 Å². The molecule has 6 nitrogen and oxygen atoms in total. The van der Waals surface area contributed by atoms with E-state index < -0.39 is 23.2 Å². The van der Waals surface area contributed by atoms with Crippen molar-refractivity contribution in [3.8, 4) is 0 Å². The van der Waals surface area contributed by atoms with Gasteiger partial charge in [-0.05, 0) is 50.2 Å². The second kappa shape index (κ2) is 9.09. The summed E-state index contributed by atoms with van der Waals surface area (Å²) < 4.78 is 27.5. The molecule has 0 unspecified atom stereocenters. The molecule has 0 spiro atoms. The molecule has 3 rings (SSSR count). The number of aromatic nitrogens is 2. The number of halogens is 2. The van der Waals surface area contributed by atoms with E-state index in [1.807, 2.05) is 24.3 Å². The monoisotopic (exact) mass is 397 g/mol. The first-order valence-corrected chi connectivity index (χ1v) is 9.21. The van der Waals surface area contributed by atoms with E-state index in [1.54, 1.807) is 0 Å². The van der Waals surface area contributed by atoms with Crippen molar-refractivity contribution in [2.45, 2.75) is 13.8 Å². The summed E-state index contributed by atoms with van der Waals surface area (Å²) in [6.07, 6.45) is 1.21. The van der Waals surface area contributed by atoms with Gasteiger partial charge in [-0.3, -0.25) is 4.79 Å². The first kappa shape index (κ1) is 20.2. The maximum absolute atomic E-state index is 13.7. The van der Waals surface area contributed by atoms with E-state index in [2.05, 4.69) is 39.3 Å². The summed E-state index contributed by atoms with van der Waals surface area (Å²) in [5, 5.41) is 5.30. The van der Waals surface area contributed by atoms with E-state index in [9.17, 15) is 13.6 Å². The minimum absolute atomic E-state index is 0.0232. The molecule has 0 saturated heterocycles. The second-order valence-electron chi connectivity index (χ2n) is 6.18. The highest BCUT2D eigenvalue weighted by Crippen LogP contribution is 2.21. The van der Waals surface area contributed by atoms with Crippen LogP contribution in [-0.2, 0) is 0 Å². The van der Waals surface area contributed by atoms with Crippen molar-refractivity contribution < 1.29 is 13.6 Å². The van der Waals surface area contributed by atoms with Gasteiger partial charge < -0.3 is 15.5 Å². The fourth-order valence-corrected chi connectivity index (χ4v) is 2.84. The summed E-state index contributed by atoms with van der Waals surface area (Å²) in [7, 11) is 0. The number of anilines is 4. The largest absolute Gasteiger partial charge is 0.372 e. The average Bonchev–Trinajstić information content (AvgIpc) is 2.73. The molecule has 0 aliphatic rings. The number of rotatable bonds is 7. The van der Waals surface area contributed by atoms with Gasteiger partial charge in [0.2, 0.25) is 0 Å². The Morgan fingerprint density at radius 3 is 2.28 bits per heavy atom. The molecular weight excluding hydrogens is 376 g/mol. The van der Waals surface area contributed by atoms with Gasteiger partial charge in [0.05, 0.1) is 0 Å². The van der Waals surface area contributed by atoms with Gasteiger partial charge in [-0.1, -0.05) is 6.07 Å². The normalized spacial score (nSPS) is 10.5.